The van der Waals surface area contributed by atoms with Gasteiger partial charge in [-0.25, -0.2) is 4.98 Å². The van der Waals surface area contributed by atoms with Crippen molar-refractivity contribution in [1.29, 1.82) is 5.26 Å². The molecule has 0 saturated carbocycles. The summed E-state index contributed by atoms with van der Waals surface area (Å²) in [6.07, 6.45) is 0. The highest BCUT2D eigenvalue weighted by atomic mass is 79.9. The molecule has 130 valence electrons. The molecule has 0 atom stereocenters. The molecule has 1 aromatic heterocycles. The third kappa shape index (κ3) is 3.92. The second-order valence-electron chi connectivity index (χ2n) is 5.49. The van der Waals surface area contributed by atoms with Crippen LogP contribution in [0, 0.1) is 11.3 Å². The number of fused-ring (bicyclic) bond motifs is 1. The van der Waals surface area contributed by atoms with Crippen LogP contribution < -0.4 is 0 Å². The van der Waals surface area contributed by atoms with Gasteiger partial charge >= 0.3 is 0 Å². The number of aliphatic hydroxyl groups excluding tert-OH is 1. The highest BCUT2D eigenvalue weighted by Gasteiger charge is 2.13. The van der Waals surface area contributed by atoms with E-state index in [-0.39, 0.29) is 17.9 Å². The maximum Gasteiger partial charge on any atom is 0.175 e. The fourth-order valence-corrected chi connectivity index (χ4v) is 2.60. The van der Waals surface area contributed by atoms with Gasteiger partial charge in [0.25, 0.3) is 0 Å². The SMILES string of the molecule is CC(=NOC/C(O)=C(\C#N)c1nc2ccccc2[nH]1)c1ccc(Br)cc1. The van der Waals surface area contributed by atoms with Crippen molar-refractivity contribution in [2.75, 3.05) is 6.61 Å². The van der Waals surface area contributed by atoms with E-state index < -0.39 is 0 Å². The van der Waals surface area contributed by atoms with Gasteiger partial charge < -0.3 is 14.9 Å². The summed E-state index contributed by atoms with van der Waals surface area (Å²) < 4.78 is 0.972. The van der Waals surface area contributed by atoms with Crippen molar-refractivity contribution in [1.82, 2.24) is 9.97 Å². The number of aliphatic hydroxyl groups is 1. The van der Waals surface area contributed by atoms with Gasteiger partial charge in [0.2, 0.25) is 0 Å². The zero-order valence-corrected chi connectivity index (χ0v) is 15.5. The molecule has 3 rings (SSSR count). The first kappa shape index (κ1) is 17.7. The van der Waals surface area contributed by atoms with Crippen LogP contribution in [0.1, 0.15) is 18.3 Å². The Labute approximate surface area is 158 Å². The quantitative estimate of drug-likeness (QED) is 0.279. The Hall–Kier alpha value is -3.11. The minimum absolute atomic E-state index is 0.0256. The summed E-state index contributed by atoms with van der Waals surface area (Å²) in [6, 6.07) is 17.0. The predicted molar refractivity (Wildman–Crippen MR) is 104 cm³/mol. The summed E-state index contributed by atoms with van der Waals surface area (Å²) in [5.41, 5.74) is 3.08. The fraction of sp³-hybridized carbons (Fsp3) is 0.105. The molecule has 1 heterocycles. The average Bonchev–Trinajstić information content (AvgIpc) is 3.06. The van der Waals surface area contributed by atoms with E-state index >= 15 is 0 Å². The van der Waals surface area contributed by atoms with Gasteiger partial charge in [0.15, 0.2) is 18.2 Å². The number of H-pyrrole nitrogens is 1. The molecule has 0 unspecified atom stereocenters. The molecular formula is C19H15BrN4O2. The first-order chi connectivity index (χ1) is 12.6. The zero-order chi connectivity index (χ0) is 18.5. The lowest BCUT2D eigenvalue weighted by molar-refractivity contribution is 0.137. The van der Waals surface area contributed by atoms with Crippen molar-refractivity contribution in [3.05, 3.63) is 70.2 Å². The number of aromatic nitrogens is 2. The number of hydrogen-bond donors (Lipinski definition) is 2. The normalized spacial score (nSPS) is 12.6. The number of oxime groups is 1. The summed E-state index contributed by atoms with van der Waals surface area (Å²) in [4.78, 5) is 12.5. The topological polar surface area (TPSA) is 94.3 Å². The van der Waals surface area contributed by atoms with Crippen LogP contribution in [-0.4, -0.2) is 27.4 Å². The van der Waals surface area contributed by atoms with Crippen LogP contribution in [0.2, 0.25) is 0 Å². The van der Waals surface area contributed by atoms with Crippen LogP contribution in [-0.2, 0) is 4.84 Å². The minimum atomic E-state index is -0.237. The molecule has 0 aliphatic heterocycles. The number of rotatable bonds is 5. The molecule has 26 heavy (non-hydrogen) atoms. The van der Waals surface area contributed by atoms with E-state index in [1.165, 1.54) is 0 Å². The second kappa shape index (κ2) is 7.85. The molecule has 0 fully saturated rings. The molecule has 7 heteroatoms. The number of aromatic amines is 1. The Balaban J connectivity index is 1.75. The zero-order valence-electron chi connectivity index (χ0n) is 13.9. The lowest BCUT2D eigenvalue weighted by atomic mass is 10.1. The third-order valence-corrected chi connectivity index (χ3v) is 4.22. The van der Waals surface area contributed by atoms with Crippen LogP contribution >= 0.6 is 15.9 Å². The summed E-state index contributed by atoms with van der Waals surface area (Å²) in [6.45, 7) is 1.57. The molecule has 0 spiro atoms. The van der Waals surface area contributed by atoms with Crippen molar-refractivity contribution in [2.45, 2.75) is 6.92 Å². The van der Waals surface area contributed by atoms with Crippen molar-refractivity contribution in [2.24, 2.45) is 5.16 Å². The van der Waals surface area contributed by atoms with Gasteiger partial charge in [0.05, 0.1) is 16.7 Å². The number of nitriles is 1. The second-order valence-corrected chi connectivity index (χ2v) is 6.41. The number of nitrogens with zero attached hydrogens (tertiary/aromatic N) is 3. The molecule has 0 aliphatic carbocycles. The van der Waals surface area contributed by atoms with Crippen molar-refractivity contribution < 1.29 is 9.94 Å². The number of imidazole rings is 1. The van der Waals surface area contributed by atoms with Gasteiger partial charge in [-0.2, -0.15) is 5.26 Å². The van der Waals surface area contributed by atoms with E-state index in [9.17, 15) is 10.4 Å². The Morgan fingerprint density at radius 1 is 1.27 bits per heavy atom. The number of allylic oxidation sites excluding steroid dienone is 1. The lowest BCUT2D eigenvalue weighted by Gasteiger charge is -2.04. The molecule has 0 amide bonds. The van der Waals surface area contributed by atoms with E-state index in [2.05, 4.69) is 31.1 Å². The number of halogens is 1. The Morgan fingerprint density at radius 2 is 2.00 bits per heavy atom. The third-order valence-electron chi connectivity index (χ3n) is 3.69. The lowest BCUT2D eigenvalue weighted by Crippen LogP contribution is -2.01. The Bertz CT molecular complexity index is 997. The van der Waals surface area contributed by atoms with E-state index in [1.807, 2.05) is 54.6 Å². The molecule has 0 saturated heterocycles. The van der Waals surface area contributed by atoms with Crippen molar-refractivity contribution in [3.8, 4) is 6.07 Å². The van der Waals surface area contributed by atoms with Crippen LogP contribution in [0.5, 0.6) is 0 Å². The van der Waals surface area contributed by atoms with Gasteiger partial charge in [-0.05, 0) is 36.8 Å². The van der Waals surface area contributed by atoms with Crippen LogP contribution in [0.4, 0.5) is 0 Å². The van der Waals surface area contributed by atoms with Gasteiger partial charge in [0, 0.05) is 4.47 Å². The first-order valence-corrected chi connectivity index (χ1v) is 8.57. The highest BCUT2D eigenvalue weighted by molar-refractivity contribution is 9.10. The van der Waals surface area contributed by atoms with E-state index in [4.69, 9.17) is 4.84 Å². The first-order valence-electron chi connectivity index (χ1n) is 7.78. The highest BCUT2D eigenvalue weighted by Crippen LogP contribution is 2.19. The summed E-state index contributed by atoms with van der Waals surface area (Å²) >= 11 is 3.38. The summed E-state index contributed by atoms with van der Waals surface area (Å²) in [5.74, 6) is 0.0577. The monoisotopic (exact) mass is 410 g/mol. The van der Waals surface area contributed by atoms with Gasteiger partial charge in [-0.15, -0.1) is 0 Å². The van der Waals surface area contributed by atoms with Crippen LogP contribution in [0.15, 0.2) is 63.9 Å². The molecule has 3 aromatic rings. The fourth-order valence-electron chi connectivity index (χ4n) is 2.33. The summed E-state index contributed by atoms with van der Waals surface area (Å²) in [5, 5.41) is 23.6. The van der Waals surface area contributed by atoms with Crippen LogP contribution in [0.25, 0.3) is 16.6 Å². The maximum absolute atomic E-state index is 10.2. The molecule has 2 aromatic carbocycles. The van der Waals surface area contributed by atoms with Crippen LogP contribution in [0.3, 0.4) is 0 Å². The molecule has 0 aliphatic rings. The standard InChI is InChI=1S/C19H15BrN4O2/c1-12(13-6-8-14(20)9-7-13)24-26-11-18(25)15(10-21)19-22-16-4-2-3-5-17(16)23-19/h2-9,25H,11H2,1H3,(H,22,23)/b18-15-,24-12?. The predicted octanol–water partition coefficient (Wildman–Crippen LogP) is 4.56. The van der Waals surface area contributed by atoms with E-state index in [1.54, 1.807) is 6.92 Å². The number of hydrogen-bond acceptors (Lipinski definition) is 5. The van der Waals surface area contributed by atoms with Gasteiger partial charge in [-0.3, -0.25) is 0 Å². The van der Waals surface area contributed by atoms with E-state index in [0.29, 0.717) is 17.1 Å². The Kier molecular flexibility index (Phi) is 5.34. The van der Waals surface area contributed by atoms with Gasteiger partial charge in [-0.1, -0.05) is 45.4 Å². The number of para-hydroxylation sites is 2. The number of benzene rings is 2. The van der Waals surface area contributed by atoms with Crippen molar-refractivity contribution in [3.63, 3.8) is 0 Å². The van der Waals surface area contributed by atoms with Gasteiger partial charge in [0.1, 0.15) is 11.6 Å². The average molecular weight is 411 g/mol. The summed E-state index contributed by atoms with van der Waals surface area (Å²) in [7, 11) is 0. The molecule has 0 bridgehead atoms. The van der Waals surface area contributed by atoms with Crippen molar-refractivity contribution >= 4 is 38.2 Å². The Morgan fingerprint density at radius 3 is 2.69 bits per heavy atom. The molecule has 6 nitrogen and oxygen atoms in total. The molecule has 0 radical (unpaired) electrons. The smallest absolute Gasteiger partial charge is 0.175 e. The molecular weight excluding hydrogens is 396 g/mol. The largest absolute Gasteiger partial charge is 0.507 e. The minimum Gasteiger partial charge on any atom is -0.507 e. The number of nitrogens with one attached hydrogen (secondary N) is 1. The maximum atomic E-state index is 10.2. The molecule has 2 N–H and O–H groups in total. The van der Waals surface area contributed by atoms with E-state index in [0.717, 1.165) is 15.6 Å².